The second-order valence-corrected chi connectivity index (χ2v) is 4.72. The second kappa shape index (κ2) is 6.51. The Labute approximate surface area is 117 Å². The first kappa shape index (κ1) is 14.5. The minimum Gasteiger partial charge on any atom is -0.393 e. The van der Waals surface area contributed by atoms with Crippen molar-refractivity contribution in [1.82, 2.24) is 4.90 Å². The molecule has 1 aliphatic rings. The molecule has 1 aromatic rings. The number of benzene rings is 1. The number of carbonyl (C=O) groups excluding carboxylic acids is 1. The zero-order chi connectivity index (χ0) is 14.5. The molecule has 0 bridgehead atoms. The average Bonchev–Trinajstić information content (AvgIpc) is 2.46. The summed E-state index contributed by atoms with van der Waals surface area (Å²) in [4.78, 5) is 13.8. The standard InChI is InChI=1S/C15H17FN2O2/c16-14-10-12(4-3-11(14)2-1-7-17)15(20)18-8-5-13(19)6-9-18/h3-4,10,13,19H,5-9,17H2. The largest absolute Gasteiger partial charge is 0.393 e. The van der Waals surface area contributed by atoms with Crippen molar-refractivity contribution >= 4 is 5.91 Å². The van der Waals surface area contributed by atoms with Crippen LogP contribution in [0, 0.1) is 17.7 Å². The molecule has 4 nitrogen and oxygen atoms in total. The molecule has 1 aromatic carbocycles. The predicted octanol–water partition coefficient (Wildman–Crippen LogP) is 0.733. The van der Waals surface area contributed by atoms with E-state index in [1.807, 2.05) is 0 Å². The van der Waals surface area contributed by atoms with Crippen LogP contribution in [0.25, 0.3) is 0 Å². The number of likely N-dealkylation sites (tertiary alicyclic amines) is 1. The number of carbonyl (C=O) groups is 1. The van der Waals surface area contributed by atoms with Crippen molar-refractivity contribution in [3.8, 4) is 11.8 Å². The Bertz CT molecular complexity index is 555. The van der Waals surface area contributed by atoms with Gasteiger partial charge in [-0.3, -0.25) is 4.79 Å². The Kier molecular flexibility index (Phi) is 4.72. The Balaban J connectivity index is 2.13. The third-order valence-electron chi connectivity index (χ3n) is 3.29. The van der Waals surface area contributed by atoms with Gasteiger partial charge in [-0.2, -0.15) is 0 Å². The fraction of sp³-hybridized carbons (Fsp3) is 0.400. The van der Waals surface area contributed by atoms with Crippen LogP contribution in [0.2, 0.25) is 0 Å². The van der Waals surface area contributed by atoms with Crippen molar-refractivity contribution in [1.29, 1.82) is 0 Å². The first-order chi connectivity index (χ1) is 9.61. The molecular weight excluding hydrogens is 259 g/mol. The number of piperidine rings is 1. The summed E-state index contributed by atoms with van der Waals surface area (Å²) in [5.41, 5.74) is 5.78. The van der Waals surface area contributed by atoms with Gasteiger partial charge in [0.05, 0.1) is 18.2 Å². The summed E-state index contributed by atoms with van der Waals surface area (Å²) in [5.74, 6) is 4.46. The van der Waals surface area contributed by atoms with Crippen LogP contribution in [0.5, 0.6) is 0 Å². The summed E-state index contributed by atoms with van der Waals surface area (Å²) in [6.45, 7) is 1.16. The molecule has 0 spiro atoms. The van der Waals surface area contributed by atoms with Gasteiger partial charge in [-0.05, 0) is 31.0 Å². The molecule has 0 aliphatic carbocycles. The van der Waals surface area contributed by atoms with E-state index < -0.39 is 5.82 Å². The quantitative estimate of drug-likeness (QED) is 0.743. The molecule has 1 aliphatic heterocycles. The van der Waals surface area contributed by atoms with E-state index in [-0.39, 0.29) is 24.1 Å². The van der Waals surface area contributed by atoms with E-state index in [0.29, 0.717) is 31.5 Å². The number of hydrogen-bond acceptors (Lipinski definition) is 3. The number of nitrogens with two attached hydrogens (primary N) is 1. The van der Waals surface area contributed by atoms with E-state index in [4.69, 9.17) is 5.73 Å². The van der Waals surface area contributed by atoms with Crippen LogP contribution in [-0.4, -0.2) is 41.7 Å². The van der Waals surface area contributed by atoms with Crippen LogP contribution in [-0.2, 0) is 0 Å². The predicted molar refractivity (Wildman–Crippen MR) is 73.5 cm³/mol. The van der Waals surface area contributed by atoms with E-state index >= 15 is 0 Å². The van der Waals surface area contributed by atoms with Crippen molar-refractivity contribution in [3.05, 3.63) is 35.1 Å². The van der Waals surface area contributed by atoms with Crippen LogP contribution in [0.3, 0.4) is 0 Å². The fourth-order valence-corrected chi connectivity index (χ4v) is 2.15. The summed E-state index contributed by atoms with van der Waals surface area (Å²) in [6.07, 6.45) is 0.785. The summed E-state index contributed by atoms with van der Waals surface area (Å²) in [5, 5.41) is 9.42. The molecule has 106 valence electrons. The van der Waals surface area contributed by atoms with E-state index in [1.54, 1.807) is 11.0 Å². The molecule has 1 fully saturated rings. The Morgan fingerprint density at radius 3 is 2.75 bits per heavy atom. The molecule has 20 heavy (non-hydrogen) atoms. The number of rotatable bonds is 1. The van der Waals surface area contributed by atoms with Crippen LogP contribution in [0.1, 0.15) is 28.8 Å². The Morgan fingerprint density at radius 2 is 2.15 bits per heavy atom. The highest BCUT2D eigenvalue weighted by atomic mass is 19.1. The van der Waals surface area contributed by atoms with Gasteiger partial charge in [-0.25, -0.2) is 4.39 Å². The van der Waals surface area contributed by atoms with Gasteiger partial charge < -0.3 is 15.7 Å². The van der Waals surface area contributed by atoms with Gasteiger partial charge in [0.1, 0.15) is 5.82 Å². The highest BCUT2D eigenvalue weighted by Crippen LogP contribution is 2.16. The van der Waals surface area contributed by atoms with Crippen molar-refractivity contribution in [3.63, 3.8) is 0 Å². The fourth-order valence-electron chi connectivity index (χ4n) is 2.15. The maximum atomic E-state index is 13.8. The van der Waals surface area contributed by atoms with Crippen molar-refractivity contribution in [2.75, 3.05) is 19.6 Å². The van der Waals surface area contributed by atoms with Crippen LogP contribution in [0.4, 0.5) is 4.39 Å². The summed E-state index contributed by atoms with van der Waals surface area (Å²) >= 11 is 0. The zero-order valence-electron chi connectivity index (χ0n) is 11.1. The summed E-state index contributed by atoms with van der Waals surface area (Å²) in [7, 11) is 0. The van der Waals surface area contributed by atoms with Gasteiger partial charge in [0.2, 0.25) is 0 Å². The third-order valence-corrected chi connectivity index (χ3v) is 3.29. The van der Waals surface area contributed by atoms with Gasteiger partial charge in [0.25, 0.3) is 5.91 Å². The topological polar surface area (TPSA) is 66.6 Å². The molecule has 0 radical (unpaired) electrons. The summed E-state index contributed by atoms with van der Waals surface area (Å²) in [6, 6.07) is 4.26. The maximum absolute atomic E-state index is 13.8. The molecule has 3 N–H and O–H groups in total. The average molecular weight is 276 g/mol. The SMILES string of the molecule is NCC#Cc1ccc(C(=O)N2CCC(O)CC2)cc1F. The maximum Gasteiger partial charge on any atom is 0.253 e. The molecule has 0 aromatic heterocycles. The number of nitrogens with zero attached hydrogens (tertiary/aromatic N) is 1. The van der Waals surface area contributed by atoms with Gasteiger partial charge in [0, 0.05) is 18.7 Å². The van der Waals surface area contributed by atoms with E-state index in [0.717, 1.165) is 0 Å². The number of aliphatic hydroxyl groups excluding tert-OH is 1. The number of hydrogen-bond donors (Lipinski definition) is 2. The minimum absolute atomic E-state index is 0.163. The van der Waals surface area contributed by atoms with Crippen molar-refractivity contribution in [2.45, 2.75) is 18.9 Å². The van der Waals surface area contributed by atoms with E-state index in [2.05, 4.69) is 11.8 Å². The van der Waals surface area contributed by atoms with Crippen LogP contribution >= 0.6 is 0 Å². The Hall–Kier alpha value is -1.90. The van der Waals surface area contributed by atoms with Gasteiger partial charge in [0.15, 0.2) is 0 Å². The highest BCUT2D eigenvalue weighted by Gasteiger charge is 2.22. The molecule has 1 heterocycles. The number of halogens is 1. The van der Waals surface area contributed by atoms with E-state index in [1.165, 1.54) is 12.1 Å². The lowest BCUT2D eigenvalue weighted by Crippen LogP contribution is -2.40. The molecule has 0 atom stereocenters. The smallest absolute Gasteiger partial charge is 0.253 e. The second-order valence-electron chi connectivity index (χ2n) is 4.72. The van der Waals surface area contributed by atoms with Crippen LogP contribution < -0.4 is 5.73 Å². The van der Waals surface area contributed by atoms with Gasteiger partial charge >= 0.3 is 0 Å². The van der Waals surface area contributed by atoms with Crippen molar-refractivity contribution in [2.24, 2.45) is 5.73 Å². The molecule has 1 amide bonds. The minimum atomic E-state index is -0.520. The molecular formula is C15H17FN2O2. The van der Waals surface area contributed by atoms with E-state index in [9.17, 15) is 14.3 Å². The van der Waals surface area contributed by atoms with Gasteiger partial charge in [-0.1, -0.05) is 11.8 Å². The normalized spacial score (nSPS) is 15.7. The first-order valence-electron chi connectivity index (χ1n) is 6.57. The van der Waals surface area contributed by atoms with Crippen LogP contribution in [0.15, 0.2) is 18.2 Å². The Morgan fingerprint density at radius 1 is 1.45 bits per heavy atom. The van der Waals surface area contributed by atoms with Gasteiger partial charge in [-0.15, -0.1) is 0 Å². The molecule has 0 saturated carbocycles. The zero-order valence-corrected chi connectivity index (χ0v) is 11.1. The highest BCUT2D eigenvalue weighted by molar-refractivity contribution is 5.94. The molecule has 5 heteroatoms. The lowest BCUT2D eigenvalue weighted by atomic mass is 10.1. The lowest BCUT2D eigenvalue weighted by Gasteiger charge is -2.29. The molecule has 1 saturated heterocycles. The third kappa shape index (κ3) is 3.35. The number of aliphatic hydroxyl groups is 1. The monoisotopic (exact) mass is 276 g/mol. The number of amides is 1. The van der Waals surface area contributed by atoms with Crippen molar-refractivity contribution < 1.29 is 14.3 Å². The molecule has 0 unspecified atom stereocenters. The first-order valence-corrected chi connectivity index (χ1v) is 6.57. The molecule has 2 rings (SSSR count). The summed E-state index contributed by atoms with van der Waals surface area (Å²) < 4.78 is 13.8. The lowest BCUT2D eigenvalue weighted by molar-refractivity contribution is 0.0546.